The summed E-state index contributed by atoms with van der Waals surface area (Å²) in [5.74, 6) is 0.343. The number of anilines is 1. The quantitative estimate of drug-likeness (QED) is 0.257. The molecule has 0 radical (unpaired) electrons. The topological polar surface area (TPSA) is 173 Å². The first-order valence-electron chi connectivity index (χ1n) is 11.8. The molecule has 5 atom stereocenters. The lowest BCUT2D eigenvalue weighted by molar-refractivity contribution is -0.149. The number of aryl methyl sites for hydroxylation is 1. The second-order valence-electron chi connectivity index (χ2n) is 8.91. The number of rotatable bonds is 10. The number of nitrogen functional groups attached to an aromatic ring is 1. The number of hydrogen-bond donors (Lipinski definition) is 3. The number of para-hydroxylation sites is 1. The van der Waals surface area contributed by atoms with Crippen LogP contribution < -0.4 is 15.3 Å². The van der Waals surface area contributed by atoms with Gasteiger partial charge in [0.1, 0.15) is 41.6 Å². The van der Waals surface area contributed by atoms with Gasteiger partial charge in [-0.2, -0.15) is 5.09 Å². The number of ether oxygens (including phenoxy) is 2. The number of nitrogens with one attached hydrogen (secondary N) is 1. The average molecular weight is 535 g/mol. The number of aromatic nitrogens is 4. The summed E-state index contributed by atoms with van der Waals surface area (Å²) in [6, 6.07) is 7.40. The van der Waals surface area contributed by atoms with Gasteiger partial charge in [0.25, 0.3) is 0 Å². The fraction of sp³-hybridized carbons (Fsp3) is 0.478. The van der Waals surface area contributed by atoms with Crippen LogP contribution in [0.15, 0.2) is 36.7 Å². The predicted molar refractivity (Wildman–Crippen MR) is 133 cm³/mol. The van der Waals surface area contributed by atoms with Gasteiger partial charge in [0, 0.05) is 6.42 Å². The van der Waals surface area contributed by atoms with Gasteiger partial charge >= 0.3 is 13.7 Å². The minimum Gasteiger partial charge on any atom is -0.462 e. The van der Waals surface area contributed by atoms with Crippen LogP contribution in [-0.2, 0) is 23.4 Å². The van der Waals surface area contributed by atoms with Gasteiger partial charge in [-0.3, -0.25) is 13.9 Å². The van der Waals surface area contributed by atoms with Crippen molar-refractivity contribution in [2.45, 2.75) is 64.7 Å². The molecule has 13 nitrogen and oxygen atoms in total. The molecule has 0 amide bonds. The van der Waals surface area contributed by atoms with Crippen molar-refractivity contribution in [3.63, 3.8) is 0 Å². The molecule has 1 saturated heterocycles. The van der Waals surface area contributed by atoms with Crippen LogP contribution in [0.5, 0.6) is 5.75 Å². The Hall–Kier alpha value is -3.09. The molecule has 3 heterocycles. The van der Waals surface area contributed by atoms with Crippen molar-refractivity contribution in [3.8, 4) is 5.75 Å². The molecule has 2 aromatic heterocycles. The minimum atomic E-state index is -4.17. The zero-order valence-corrected chi connectivity index (χ0v) is 21.9. The van der Waals surface area contributed by atoms with Gasteiger partial charge in [-0.15, -0.1) is 0 Å². The highest BCUT2D eigenvalue weighted by atomic mass is 31.2. The Morgan fingerprint density at radius 2 is 2.03 bits per heavy atom. The fourth-order valence-corrected chi connectivity index (χ4v) is 5.62. The van der Waals surface area contributed by atoms with Crippen molar-refractivity contribution < 1.29 is 33.0 Å². The van der Waals surface area contributed by atoms with Crippen LogP contribution in [0.4, 0.5) is 5.82 Å². The number of carbonyl (C=O) groups excluding carboxylic acids is 1. The molecule has 1 unspecified atom stereocenters. The number of hydrogen-bond acceptors (Lipinski definition) is 11. The van der Waals surface area contributed by atoms with Crippen LogP contribution in [0, 0.1) is 6.92 Å². The maximum absolute atomic E-state index is 13.9. The summed E-state index contributed by atoms with van der Waals surface area (Å²) < 4.78 is 38.5. The molecule has 200 valence electrons. The van der Waals surface area contributed by atoms with Gasteiger partial charge < -0.3 is 24.8 Å². The molecule has 1 aliphatic rings. The van der Waals surface area contributed by atoms with Crippen molar-refractivity contribution in [2.75, 3.05) is 12.3 Å². The number of esters is 1. The first-order chi connectivity index (χ1) is 17.6. The number of aliphatic hydroxyl groups excluding tert-OH is 1. The zero-order valence-electron chi connectivity index (χ0n) is 21.0. The maximum atomic E-state index is 13.9. The lowest BCUT2D eigenvalue weighted by Crippen LogP contribution is -2.38. The standard InChI is InChI=1S/C23H31N6O7P/c1-13(2)33-23(31)14(3)28-37(32,35-16-8-6-5-7-9-16)36-17-10-19(34-18(17)11-30)29-12-25-20-21(24)26-15(4)27-22(20)29/h5-9,12-14,17-19,30H,10-11H2,1-4H3,(H,28,32)(H2,24,26,27)/t14-,17+,18+,19+,37?/m0/s1. The smallest absolute Gasteiger partial charge is 0.459 e. The lowest BCUT2D eigenvalue weighted by atomic mass is 10.2. The van der Waals surface area contributed by atoms with Crippen LogP contribution in [0.1, 0.15) is 39.2 Å². The van der Waals surface area contributed by atoms with E-state index in [4.69, 9.17) is 24.3 Å². The molecule has 0 saturated carbocycles. The molecule has 14 heteroatoms. The molecule has 3 aromatic rings. The molecule has 4 rings (SSSR count). The summed E-state index contributed by atoms with van der Waals surface area (Å²) >= 11 is 0. The molecular formula is C23H31N6O7P. The van der Waals surface area contributed by atoms with Gasteiger partial charge in [0.2, 0.25) is 0 Å². The van der Waals surface area contributed by atoms with Crippen molar-refractivity contribution in [3.05, 3.63) is 42.5 Å². The van der Waals surface area contributed by atoms with Crippen LogP contribution >= 0.6 is 7.75 Å². The van der Waals surface area contributed by atoms with E-state index in [1.165, 1.54) is 13.3 Å². The molecule has 1 aliphatic heterocycles. The number of fused-ring (bicyclic) bond motifs is 1. The van der Waals surface area contributed by atoms with Gasteiger partial charge in [-0.25, -0.2) is 19.5 Å². The van der Waals surface area contributed by atoms with Crippen LogP contribution in [0.3, 0.4) is 0 Å². The van der Waals surface area contributed by atoms with E-state index in [1.807, 2.05) is 0 Å². The Morgan fingerprint density at radius 1 is 1.30 bits per heavy atom. The predicted octanol–water partition coefficient (Wildman–Crippen LogP) is 2.50. The molecular weight excluding hydrogens is 503 g/mol. The second kappa shape index (κ2) is 11.1. The number of aliphatic hydroxyl groups is 1. The van der Waals surface area contributed by atoms with Crippen LogP contribution in [0.25, 0.3) is 11.2 Å². The molecule has 4 N–H and O–H groups in total. The van der Waals surface area contributed by atoms with Crippen molar-refractivity contribution in [1.82, 2.24) is 24.6 Å². The number of carbonyl (C=O) groups is 1. The molecule has 1 aromatic carbocycles. The van der Waals surface area contributed by atoms with Crippen molar-refractivity contribution >= 4 is 30.7 Å². The SMILES string of the molecule is Cc1nc(N)c2ncn([C@H]3C[C@@H](OP(=O)(N[C@@H](C)C(=O)OC(C)C)Oc4ccccc4)[C@@H](CO)O3)c2n1. The highest BCUT2D eigenvalue weighted by Crippen LogP contribution is 2.49. The fourth-order valence-electron chi connectivity index (χ4n) is 3.91. The summed E-state index contributed by atoms with van der Waals surface area (Å²) in [7, 11) is -4.17. The normalized spacial score (nSPS) is 22.2. The molecule has 0 aliphatic carbocycles. The van der Waals surface area contributed by atoms with E-state index in [9.17, 15) is 14.5 Å². The number of imidazole rings is 1. The molecule has 1 fully saturated rings. The Morgan fingerprint density at radius 3 is 2.70 bits per heavy atom. The lowest BCUT2D eigenvalue weighted by Gasteiger charge is -2.26. The zero-order chi connectivity index (χ0) is 26.7. The minimum absolute atomic E-state index is 0.175. The van der Waals surface area contributed by atoms with E-state index in [-0.39, 0.29) is 24.1 Å². The van der Waals surface area contributed by atoms with E-state index >= 15 is 0 Å². The Bertz CT molecular complexity index is 1290. The van der Waals surface area contributed by atoms with Crippen molar-refractivity contribution in [1.29, 1.82) is 0 Å². The number of nitrogens with two attached hydrogens (primary N) is 1. The van der Waals surface area contributed by atoms with Gasteiger partial charge in [-0.1, -0.05) is 18.2 Å². The van der Waals surface area contributed by atoms with Crippen molar-refractivity contribution in [2.24, 2.45) is 0 Å². The summed E-state index contributed by atoms with van der Waals surface area (Å²) in [6.45, 7) is 6.21. The van der Waals surface area contributed by atoms with E-state index in [0.29, 0.717) is 17.0 Å². The first kappa shape index (κ1) is 27.0. The van der Waals surface area contributed by atoms with Crippen LogP contribution in [0.2, 0.25) is 0 Å². The van der Waals surface area contributed by atoms with Gasteiger partial charge in [-0.05, 0) is 39.8 Å². The average Bonchev–Trinajstić information content (AvgIpc) is 3.42. The Labute approximate surface area is 213 Å². The van der Waals surface area contributed by atoms with Crippen LogP contribution in [-0.4, -0.2) is 61.6 Å². The maximum Gasteiger partial charge on any atom is 0.459 e. The van der Waals surface area contributed by atoms with E-state index < -0.39 is 44.8 Å². The van der Waals surface area contributed by atoms with E-state index in [0.717, 1.165) is 0 Å². The summed E-state index contributed by atoms with van der Waals surface area (Å²) in [5, 5.41) is 12.7. The third-order valence-electron chi connectivity index (χ3n) is 5.53. The molecule has 0 bridgehead atoms. The first-order valence-corrected chi connectivity index (χ1v) is 13.4. The number of benzene rings is 1. The monoisotopic (exact) mass is 534 g/mol. The summed E-state index contributed by atoms with van der Waals surface area (Å²) in [6.07, 6.45) is -1.05. The Kier molecular flexibility index (Phi) is 8.10. The van der Waals surface area contributed by atoms with Gasteiger partial charge in [0.15, 0.2) is 11.5 Å². The molecule has 0 spiro atoms. The Balaban J connectivity index is 1.58. The summed E-state index contributed by atoms with van der Waals surface area (Å²) in [5.41, 5.74) is 6.85. The molecule has 37 heavy (non-hydrogen) atoms. The third kappa shape index (κ3) is 6.25. The number of nitrogens with zero attached hydrogens (tertiary/aromatic N) is 4. The van der Waals surface area contributed by atoms with Gasteiger partial charge in [0.05, 0.1) is 19.0 Å². The largest absolute Gasteiger partial charge is 0.462 e. The third-order valence-corrected chi connectivity index (χ3v) is 7.23. The highest BCUT2D eigenvalue weighted by molar-refractivity contribution is 7.52. The second-order valence-corrected chi connectivity index (χ2v) is 10.6. The van der Waals surface area contributed by atoms with E-state index in [2.05, 4.69) is 20.0 Å². The summed E-state index contributed by atoms with van der Waals surface area (Å²) in [4.78, 5) is 25.2. The highest BCUT2D eigenvalue weighted by Gasteiger charge is 2.44. The van der Waals surface area contributed by atoms with E-state index in [1.54, 1.807) is 55.7 Å².